The minimum Gasteiger partial charge on any atom is -0.381 e. The summed E-state index contributed by atoms with van der Waals surface area (Å²) < 4.78 is 5.71. The number of hydrogen-bond donors (Lipinski definition) is 0. The maximum atomic E-state index is 5.71. The van der Waals surface area contributed by atoms with Crippen LogP contribution >= 0.6 is 0 Å². The molecule has 0 spiro atoms. The fourth-order valence-corrected chi connectivity index (χ4v) is 2.85. The highest BCUT2D eigenvalue weighted by Gasteiger charge is 2.28. The van der Waals surface area contributed by atoms with Crippen molar-refractivity contribution in [3.8, 4) is 0 Å². The molecule has 96 valence electrons. The van der Waals surface area contributed by atoms with E-state index in [1.165, 1.54) is 5.56 Å². The number of benzene rings is 1. The molecule has 1 aromatic carbocycles. The lowest BCUT2D eigenvalue weighted by atomic mass is 9.78. The van der Waals surface area contributed by atoms with Gasteiger partial charge in [0.05, 0.1) is 6.10 Å². The lowest BCUT2D eigenvalue weighted by Gasteiger charge is -2.31. The van der Waals surface area contributed by atoms with Crippen LogP contribution in [-0.2, 0) is 4.74 Å². The summed E-state index contributed by atoms with van der Waals surface area (Å²) in [5.41, 5.74) is 1.39. The quantitative estimate of drug-likeness (QED) is 0.747. The summed E-state index contributed by atoms with van der Waals surface area (Å²) >= 11 is 0. The molecular weight excluding hydrogens is 220 g/mol. The van der Waals surface area contributed by atoms with Crippen LogP contribution in [0.25, 0.3) is 0 Å². The van der Waals surface area contributed by atoms with E-state index < -0.39 is 0 Å². The minimum absolute atomic E-state index is 0.286. The number of allylic oxidation sites excluding steroid dienone is 4. The van der Waals surface area contributed by atoms with Crippen molar-refractivity contribution in [2.24, 2.45) is 5.92 Å². The predicted octanol–water partition coefficient (Wildman–Crippen LogP) is 4.33. The van der Waals surface area contributed by atoms with Gasteiger partial charge in [-0.3, -0.25) is 0 Å². The smallest absolute Gasteiger partial charge is 0.0643 e. The Morgan fingerprint density at radius 1 is 1.22 bits per heavy atom. The average Bonchev–Trinajstić information content (AvgIpc) is 2.46. The maximum absolute atomic E-state index is 5.71. The van der Waals surface area contributed by atoms with E-state index in [0.717, 1.165) is 12.8 Å². The molecule has 1 heteroatoms. The van der Waals surface area contributed by atoms with Gasteiger partial charge >= 0.3 is 0 Å². The third-order valence-electron chi connectivity index (χ3n) is 3.77. The van der Waals surface area contributed by atoms with Gasteiger partial charge in [0.2, 0.25) is 0 Å². The van der Waals surface area contributed by atoms with Crippen LogP contribution in [-0.4, -0.2) is 13.2 Å². The van der Waals surface area contributed by atoms with E-state index in [0.29, 0.717) is 11.8 Å². The zero-order valence-electron chi connectivity index (χ0n) is 11.3. The molecule has 3 atom stereocenters. The van der Waals surface area contributed by atoms with Crippen LogP contribution in [0.5, 0.6) is 0 Å². The largest absolute Gasteiger partial charge is 0.381 e. The molecule has 0 N–H and O–H groups in total. The van der Waals surface area contributed by atoms with Gasteiger partial charge in [-0.15, -0.1) is 0 Å². The van der Waals surface area contributed by atoms with Gasteiger partial charge in [0.1, 0.15) is 0 Å². The standard InChI is InChI=1S/C17H22O/c1-3-16(18-2)17(14-10-6-4-7-11-14)15-12-8-5-9-13-15/h4-12,15-17H,3,13H2,1-2H3. The van der Waals surface area contributed by atoms with Gasteiger partial charge in [0.25, 0.3) is 0 Å². The Balaban J connectivity index is 2.28. The molecule has 0 saturated heterocycles. The molecule has 3 unspecified atom stereocenters. The van der Waals surface area contributed by atoms with Crippen molar-refractivity contribution in [2.75, 3.05) is 7.11 Å². The summed E-state index contributed by atoms with van der Waals surface area (Å²) in [5, 5.41) is 0. The Kier molecular flexibility index (Phi) is 4.77. The summed E-state index contributed by atoms with van der Waals surface area (Å²) in [6.07, 6.45) is 11.3. The van der Waals surface area contributed by atoms with E-state index >= 15 is 0 Å². The third kappa shape index (κ3) is 2.91. The molecule has 1 nitrogen and oxygen atoms in total. The second-order valence-electron chi connectivity index (χ2n) is 4.83. The molecule has 2 rings (SSSR count). The first-order valence-electron chi connectivity index (χ1n) is 6.78. The fraction of sp³-hybridized carbons (Fsp3) is 0.412. The highest BCUT2D eigenvalue weighted by atomic mass is 16.5. The topological polar surface area (TPSA) is 9.23 Å². The SMILES string of the molecule is CCC(OC)C(c1ccccc1)C1C=CC=CC1. The van der Waals surface area contributed by atoms with Gasteiger partial charge in [-0.1, -0.05) is 61.6 Å². The summed E-state index contributed by atoms with van der Waals surface area (Å²) in [5.74, 6) is 0.990. The summed E-state index contributed by atoms with van der Waals surface area (Å²) in [4.78, 5) is 0. The number of methoxy groups -OCH3 is 1. The average molecular weight is 242 g/mol. The first-order valence-corrected chi connectivity index (χ1v) is 6.78. The van der Waals surface area contributed by atoms with Crippen LogP contribution in [0.2, 0.25) is 0 Å². The molecule has 0 heterocycles. The van der Waals surface area contributed by atoms with E-state index in [1.54, 1.807) is 0 Å². The first-order chi connectivity index (χ1) is 8.86. The van der Waals surface area contributed by atoms with E-state index in [1.807, 2.05) is 7.11 Å². The second kappa shape index (κ2) is 6.55. The Labute approximate surface area is 110 Å². The van der Waals surface area contributed by atoms with Crippen molar-refractivity contribution in [2.45, 2.75) is 31.8 Å². The molecule has 18 heavy (non-hydrogen) atoms. The predicted molar refractivity (Wildman–Crippen MR) is 76.7 cm³/mol. The lowest BCUT2D eigenvalue weighted by Crippen LogP contribution is -2.26. The van der Waals surface area contributed by atoms with Crippen LogP contribution in [0.3, 0.4) is 0 Å². The third-order valence-corrected chi connectivity index (χ3v) is 3.77. The van der Waals surface area contributed by atoms with Gasteiger partial charge in [-0.2, -0.15) is 0 Å². The number of rotatable bonds is 5. The molecule has 0 amide bonds. The monoisotopic (exact) mass is 242 g/mol. The first kappa shape index (κ1) is 13.1. The van der Waals surface area contributed by atoms with Crippen molar-refractivity contribution in [1.82, 2.24) is 0 Å². The van der Waals surface area contributed by atoms with Gasteiger partial charge in [-0.05, 0) is 24.3 Å². The van der Waals surface area contributed by atoms with Gasteiger partial charge in [-0.25, -0.2) is 0 Å². The molecular formula is C17H22O. The number of ether oxygens (including phenoxy) is 1. The maximum Gasteiger partial charge on any atom is 0.0643 e. The molecule has 0 fully saturated rings. The van der Waals surface area contributed by atoms with Crippen LogP contribution in [0.15, 0.2) is 54.6 Å². The van der Waals surface area contributed by atoms with Crippen molar-refractivity contribution in [3.63, 3.8) is 0 Å². The number of hydrogen-bond acceptors (Lipinski definition) is 1. The van der Waals surface area contributed by atoms with Crippen molar-refractivity contribution >= 4 is 0 Å². The Morgan fingerprint density at radius 3 is 2.56 bits per heavy atom. The Morgan fingerprint density at radius 2 is 2.00 bits per heavy atom. The summed E-state index contributed by atoms with van der Waals surface area (Å²) in [7, 11) is 1.83. The molecule has 0 aromatic heterocycles. The van der Waals surface area contributed by atoms with Gasteiger partial charge in [0, 0.05) is 13.0 Å². The van der Waals surface area contributed by atoms with E-state index in [2.05, 4.69) is 61.6 Å². The van der Waals surface area contributed by atoms with Gasteiger partial charge < -0.3 is 4.74 Å². The summed E-state index contributed by atoms with van der Waals surface area (Å²) in [6, 6.07) is 10.8. The van der Waals surface area contributed by atoms with Crippen LogP contribution in [0.1, 0.15) is 31.2 Å². The molecule has 1 aromatic rings. The Hall–Kier alpha value is -1.34. The van der Waals surface area contributed by atoms with Crippen molar-refractivity contribution in [1.29, 1.82) is 0 Å². The normalized spacial score (nSPS) is 21.8. The van der Waals surface area contributed by atoms with Crippen LogP contribution in [0, 0.1) is 5.92 Å². The van der Waals surface area contributed by atoms with E-state index in [9.17, 15) is 0 Å². The Bertz CT molecular complexity index is 401. The minimum atomic E-state index is 0.286. The van der Waals surface area contributed by atoms with Gasteiger partial charge in [0.15, 0.2) is 0 Å². The zero-order valence-corrected chi connectivity index (χ0v) is 11.3. The van der Waals surface area contributed by atoms with Crippen LogP contribution in [0.4, 0.5) is 0 Å². The highest BCUT2D eigenvalue weighted by Crippen LogP contribution is 2.35. The van der Waals surface area contributed by atoms with Crippen molar-refractivity contribution < 1.29 is 4.74 Å². The van der Waals surface area contributed by atoms with Crippen molar-refractivity contribution in [3.05, 3.63) is 60.2 Å². The summed E-state index contributed by atoms with van der Waals surface area (Å²) in [6.45, 7) is 2.20. The molecule has 1 aliphatic carbocycles. The molecule has 0 radical (unpaired) electrons. The zero-order chi connectivity index (χ0) is 12.8. The van der Waals surface area contributed by atoms with Crippen LogP contribution < -0.4 is 0 Å². The molecule has 1 aliphatic rings. The van der Waals surface area contributed by atoms with E-state index in [-0.39, 0.29) is 6.10 Å². The lowest BCUT2D eigenvalue weighted by molar-refractivity contribution is 0.0631. The molecule has 0 aliphatic heterocycles. The fourth-order valence-electron chi connectivity index (χ4n) is 2.85. The molecule has 0 bridgehead atoms. The van der Waals surface area contributed by atoms with E-state index in [4.69, 9.17) is 4.74 Å². The molecule has 0 saturated carbocycles. The second-order valence-corrected chi connectivity index (χ2v) is 4.83. The highest BCUT2D eigenvalue weighted by molar-refractivity contribution is 5.25.